The zero-order valence-electron chi connectivity index (χ0n) is 8.13. The lowest BCUT2D eigenvalue weighted by Gasteiger charge is -2.19. The maximum atomic E-state index is 8.70. The second-order valence-corrected chi connectivity index (χ2v) is 4.04. The number of hydrogen-bond donors (Lipinski definition) is 1. The van der Waals surface area contributed by atoms with E-state index in [4.69, 9.17) is 9.84 Å². The van der Waals surface area contributed by atoms with E-state index >= 15 is 0 Å². The molecule has 2 nitrogen and oxygen atoms in total. The van der Waals surface area contributed by atoms with Gasteiger partial charge in [-0.15, -0.1) is 0 Å². The van der Waals surface area contributed by atoms with E-state index in [0.717, 1.165) is 18.4 Å². The van der Waals surface area contributed by atoms with Crippen LogP contribution in [0.2, 0.25) is 0 Å². The van der Waals surface area contributed by atoms with Crippen molar-refractivity contribution in [2.24, 2.45) is 0 Å². The smallest absolute Gasteiger partial charge is 0.0791 e. The average Bonchev–Trinajstić information content (AvgIpc) is 2.31. The molecule has 1 saturated heterocycles. The summed E-state index contributed by atoms with van der Waals surface area (Å²) in [6, 6.07) is 0. The molecule has 70 valence electrons. The van der Waals surface area contributed by atoms with Gasteiger partial charge in [-0.2, -0.15) is 0 Å². The van der Waals surface area contributed by atoms with Gasteiger partial charge in [-0.3, -0.25) is 0 Å². The van der Waals surface area contributed by atoms with Gasteiger partial charge in [0.1, 0.15) is 0 Å². The minimum Gasteiger partial charge on any atom is -0.392 e. The largest absolute Gasteiger partial charge is 0.392 e. The zero-order chi connectivity index (χ0) is 9.19. The van der Waals surface area contributed by atoms with Gasteiger partial charge in [0.2, 0.25) is 0 Å². The average molecular weight is 170 g/mol. The van der Waals surface area contributed by atoms with E-state index < -0.39 is 0 Å². The first kappa shape index (κ1) is 9.75. The minimum atomic E-state index is 0.0230. The Labute approximate surface area is 74.2 Å². The fourth-order valence-electron chi connectivity index (χ4n) is 1.58. The molecule has 12 heavy (non-hydrogen) atoms. The lowest BCUT2D eigenvalue weighted by Crippen LogP contribution is -2.20. The molecular formula is C10H18O2. The highest BCUT2D eigenvalue weighted by atomic mass is 16.5. The van der Waals surface area contributed by atoms with Crippen LogP contribution in [0.15, 0.2) is 11.6 Å². The molecule has 1 N–H and O–H groups in total. The molecule has 0 bridgehead atoms. The topological polar surface area (TPSA) is 29.5 Å². The highest BCUT2D eigenvalue weighted by Gasteiger charge is 2.31. The van der Waals surface area contributed by atoms with Crippen LogP contribution in [0.25, 0.3) is 0 Å². The summed E-state index contributed by atoms with van der Waals surface area (Å²) in [5, 5.41) is 8.70. The summed E-state index contributed by atoms with van der Waals surface area (Å²) in [7, 11) is 0. The Bertz CT molecular complexity index is 182. The Balaban J connectivity index is 2.52. The van der Waals surface area contributed by atoms with Crippen molar-refractivity contribution in [3.63, 3.8) is 0 Å². The third kappa shape index (κ3) is 2.32. The molecule has 1 heterocycles. The lowest BCUT2D eigenvalue weighted by atomic mass is 10.0. The first-order chi connectivity index (χ1) is 5.55. The molecule has 1 aliphatic heterocycles. The molecule has 0 aliphatic carbocycles. The van der Waals surface area contributed by atoms with Crippen molar-refractivity contribution in [1.82, 2.24) is 0 Å². The van der Waals surface area contributed by atoms with Gasteiger partial charge < -0.3 is 9.84 Å². The Kier molecular flexibility index (Phi) is 2.91. The summed E-state index contributed by atoms with van der Waals surface area (Å²) >= 11 is 0. The summed E-state index contributed by atoms with van der Waals surface area (Å²) < 4.78 is 5.78. The highest BCUT2D eigenvalue weighted by Crippen LogP contribution is 2.32. The molecule has 0 aromatic heterocycles. The molecule has 0 amide bonds. The van der Waals surface area contributed by atoms with Crippen LogP contribution in [0.3, 0.4) is 0 Å². The maximum absolute atomic E-state index is 8.70. The fraction of sp³-hybridized carbons (Fsp3) is 0.800. The van der Waals surface area contributed by atoms with Crippen LogP contribution in [0.4, 0.5) is 0 Å². The van der Waals surface area contributed by atoms with Crippen LogP contribution in [0.1, 0.15) is 33.6 Å². The van der Waals surface area contributed by atoms with Gasteiger partial charge in [0.05, 0.1) is 18.3 Å². The van der Waals surface area contributed by atoms with Crippen molar-refractivity contribution in [3.05, 3.63) is 11.6 Å². The first-order valence-corrected chi connectivity index (χ1v) is 4.50. The second-order valence-electron chi connectivity index (χ2n) is 4.04. The second kappa shape index (κ2) is 3.58. The molecule has 1 fully saturated rings. The molecule has 1 atom stereocenters. The van der Waals surface area contributed by atoms with E-state index in [1.807, 2.05) is 13.0 Å². The van der Waals surface area contributed by atoms with Gasteiger partial charge in [-0.25, -0.2) is 0 Å². The fourth-order valence-corrected chi connectivity index (χ4v) is 1.58. The van der Waals surface area contributed by atoms with Crippen molar-refractivity contribution in [2.75, 3.05) is 6.61 Å². The predicted octanol–water partition coefficient (Wildman–Crippen LogP) is 1.88. The zero-order valence-corrected chi connectivity index (χ0v) is 8.13. The van der Waals surface area contributed by atoms with Crippen LogP contribution in [0.5, 0.6) is 0 Å². The first-order valence-electron chi connectivity index (χ1n) is 4.50. The van der Waals surface area contributed by atoms with Crippen LogP contribution < -0.4 is 0 Å². The normalized spacial score (nSPS) is 29.3. The summed E-state index contributed by atoms with van der Waals surface area (Å²) in [5.74, 6) is 0. The van der Waals surface area contributed by atoms with E-state index in [1.54, 1.807) is 0 Å². The molecule has 0 saturated carbocycles. The van der Waals surface area contributed by atoms with Gasteiger partial charge in [-0.05, 0) is 39.2 Å². The van der Waals surface area contributed by atoms with Crippen molar-refractivity contribution < 1.29 is 9.84 Å². The van der Waals surface area contributed by atoms with E-state index in [1.165, 1.54) is 0 Å². The Morgan fingerprint density at radius 1 is 1.67 bits per heavy atom. The monoisotopic (exact) mass is 170 g/mol. The van der Waals surface area contributed by atoms with Gasteiger partial charge >= 0.3 is 0 Å². The molecular weight excluding hydrogens is 152 g/mol. The van der Waals surface area contributed by atoms with E-state index in [-0.39, 0.29) is 18.3 Å². The van der Waals surface area contributed by atoms with E-state index in [0.29, 0.717) is 0 Å². The molecule has 1 aliphatic rings. The van der Waals surface area contributed by atoms with Crippen molar-refractivity contribution in [1.29, 1.82) is 0 Å². The van der Waals surface area contributed by atoms with Gasteiger partial charge in [-0.1, -0.05) is 6.08 Å². The van der Waals surface area contributed by atoms with E-state index in [2.05, 4.69) is 13.8 Å². The SMILES string of the molecule is C/C(=C/CO)C1CCC(C)(C)O1. The van der Waals surface area contributed by atoms with Gasteiger partial charge in [0.25, 0.3) is 0 Å². The van der Waals surface area contributed by atoms with Crippen molar-refractivity contribution in [3.8, 4) is 0 Å². The van der Waals surface area contributed by atoms with Crippen molar-refractivity contribution >= 4 is 0 Å². The summed E-state index contributed by atoms with van der Waals surface area (Å²) in [6.07, 6.45) is 4.24. The number of rotatable bonds is 2. The molecule has 0 spiro atoms. The van der Waals surface area contributed by atoms with E-state index in [9.17, 15) is 0 Å². The standard InChI is InChI=1S/C10H18O2/c1-8(5-7-11)9-4-6-10(2,3)12-9/h5,9,11H,4,6-7H2,1-3H3/b8-5-. The van der Waals surface area contributed by atoms with Crippen LogP contribution in [-0.4, -0.2) is 23.4 Å². The van der Waals surface area contributed by atoms with Crippen LogP contribution in [-0.2, 0) is 4.74 Å². The van der Waals surface area contributed by atoms with Gasteiger partial charge in [0, 0.05) is 0 Å². The Morgan fingerprint density at radius 3 is 2.75 bits per heavy atom. The minimum absolute atomic E-state index is 0.0230. The Morgan fingerprint density at radius 2 is 2.33 bits per heavy atom. The van der Waals surface area contributed by atoms with Gasteiger partial charge in [0.15, 0.2) is 0 Å². The number of ether oxygens (including phenoxy) is 1. The summed E-state index contributed by atoms with van der Waals surface area (Å²) in [5.41, 5.74) is 1.18. The molecule has 0 aromatic rings. The Hall–Kier alpha value is -0.340. The van der Waals surface area contributed by atoms with Crippen molar-refractivity contribution in [2.45, 2.75) is 45.3 Å². The molecule has 0 aromatic carbocycles. The quantitative estimate of drug-likeness (QED) is 0.641. The predicted molar refractivity (Wildman–Crippen MR) is 49.0 cm³/mol. The third-order valence-corrected chi connectivity index (χ3v) is 2.39. The number of hydrogen-bond acceptors (Lipinski definition) is 2. The lowest BCUT2D eigenvalue weighted by molar-refractivity contribution is 0.000293. The number of aliphatic hydroxyl groups is 1. The molecule has 1 rings (SSSR count). The third-order valence-electron chi connectivity index (χ3n) is 2.39. The van der Waals surface area contributed by atoms with Crippen LogP contribution >= 0.6 is 0 Å². The molecule has 2 heteroatoms. The molecule has 1 unspecified atom stereocenters. The summed E-state index contributed by atoms with van der Waals surface area (Å²) in [4.78, 5) is 0. The van der Waals surface area contributed by atoms with Crippen LogP contribution in [0, 0.1) is 0 Å². The number of aliphatic hydroxyl groups excluding tert-OH is 1. The molecule has 0 radical (unpaired) electrons. The highest BCUT2D eigenvalue weighted by molar-refractivity contribution is 5.08. The maximum Gasteiger partial charge on any atom is 0.0791 e. The summed E-state index contributed by atoms with van der Waals surface area (Å²) in [6.45, 7) is 6.35.